The molecule has 0 aliphatic rings. The number of aryl methyl sites for hydroxylation is 1. The third-order valence-corrected chi connectivity index (χ3v) is 4.64. The predicted molar refractivity (Wildman–Crippen MR) is 113 cm³/mol. The molecule has 0 aliphatic heterocycles. The van der Waals surface area contributed by atoms with Gasteiger partial charge in [0.15, 0.2) is 0 Å². The van der Waals surface area contributed by atoms with E-state index in [0.717, 1.165) is 4.47 Å². The average Bonchev–Trinajstić information content (AvgIpc) is 2.63. The van der Waals surface area contributed by atoms with Gasteiger partial charge in [-0.15, -0.1) is 0 Å². The van der Waals surface area contributed by atoms with Gasteiger partial charge in [0.1, 0.15) is 23.1 Å². The molecule has 1 N–H and O–H groups in total. The van der Waals surface area contributed by atoms with Crippen molar-refractivity contribution in [3.05, 3.63) is 66.1 Å². The van der Waals surface area contributed by atoms with E-state index < -0.39 is 10.8 Å². The van der Waals surface area contributed by atoms with E-state index in [2.05, 4.69) is 37.2 Å². The molecule has 0 aromatic heterocycles. The summed E-state index contributed by atoms with van der Waals surface area (Å²) in [5, 5.41) is 23.1. The Bertz CT molecular complexity index is 1010. The lowest BCUT2D eigenvalue weighted by Crippen LogP contribution is -2.14. The lowest BCUT2D eigenvalue weighted by Gasteiger charge is -2.11. The third kappa shape index (κ3) is 5.18. The molecule has 0 radical (unpaired) electrons. The number of hydrogen-bond donors (Lipinski definition) is 1. The fourth-order valence-electron chi connectivity index (χ4n) is 2.38. The van der Waals surface area contributed by atoms with Crippen LogP contribution in [0.2, 0.25) is 0 Å². The van der Waals surface area contributed by atoms with E-state index in [4.69, 9.17) is 4.74 Å². The summed E-state index contributed by atoms with van der Waals surface area (Å²) < 4.78 is 6.96. The van der Waals surface area contributed by atoms with E-state index in [1.165, 1.54) is 18.2 Å². The zero-order chi connectivity index (χ0) is 20.8. The summed E-state index contributed by atoms with van der Waals surface area (Å²) in [5.41, 5.74) is 0.739. The van der Waals surface area contributed by atoms with Gasteiger partial charge in [0, 0.05) is 16.1 Å². The van der Waals surface area contributed by atoms with Crippen molar-refractivity contribution in [2.45, 2.75) is 13.8 Å². The Kier molecular flexibility index (Phi) is 7.31. The number of nitriles is 1. The molecule has 0 saturated heterocycles. The summed E-state index contributed by atoms with van der Waals surface area (Å²) in [6, 6.07) is 9.74. The van der Waals surface area contributed by atoms with E-state index in [0.29, 0.717) is 28.0 Å². The van der Waals surface area contributed by atoms with Crippen molar-refractivity contribution in [2.24, 2.45) is 0 Å². The number of carbonyl (C=O) groups is 1. The number of carbonyl (C=O) groups excluding carboxylic acids is 1. The maximum atomic E-state index is 12.6. The topological polar surface area (TPSA) is 105 Å². The van der Waals surface area contributed by atoms with Gasteiger partial charge in [-0.2, -0.15) is 5.26 Å². The molecule has 0 bridgehead atoms. The molecule has 0 heterocycles. The first kappa shape index (κ1) is 21.6. The first-order valence-electron chi connectivity index (χ1n) is 8.06. The van der Waals surface area contributed by atoms with Gasteiger partial charge in [-0.1, -0.05) is 22.0 Å². The highest BCUT2D eigenvalue weighted by Gasteiger charge is 2.19. The van der Waals surface area contributed by atoms with Gasteiger partial charge in [0.25, 0.3) is 11.6 Å². The summed E-state index contributed by atoms with van der Waals surface area (Å²) in [6.45, 7) is 3.92. The number of nitrogens with one attached hydrogen (secondary N) is 1. The smallest absolute Gasteiger partial charge is 0.293 e. The highest BCUT2D eigenvalue weighted by atomic mass is 79.9. The molecule has 2 aromatic carbocycles. The number of ether oxygens (including phenoxy) is 1. The maximum Gasteiger partial charge on any atom is 0.293 e. The molecule has 2 rings (SSSR count). The molecule has 0 atom stereocenters. The van der Waals surface area contributed by atoms with Crippen molar-refractivity contribution >= 4 is 55.2 Å². The zero-order valence-corrected chi connectivity index (χ0v) is 18.1. The van der Waals surface area contributed by atoms with Gasteiger partial charge in [-0.05, 0) is 59.6 Å². The summed E-state index contributed by atoms with van der Waals surface area (Å²) in [5.74, 6) is -0.277. The number of halogens is 2. The number of benzene rings is 2. The Morgan fingerprint density at radius 3 is 2.68 bits per heavy atom. The van der Waals surface area contributed by atoms with Crippen molar-refractivity contribution in [3.63, 3.8) is 0 Å². The van der Waals surface area contributed by atoms with Crippen LogP contribution in [0, 0.1) is 28.4 Å². The molecule has 0 aliphatic carbocycles. The second kappa shape index (κ2) is 9.48. The fourth-order valence-corrected chi connectivity index (χ4v) is 3.75. The normalized spacial score (nSPS) is 10.9. The number of nitro benzene ring substituents is 1. The van der Waals surface area contributed by atoms with Crippen LogP contribution >= 0.6 is 31.9 Å². The van der Waals surface area contributed by atoms with Gasteiger partial charge in [0.2, 0.25) is 0 Å². The van der Waals surface area contributed by atoms with E-state index in [9.17, 15) is 20.2 Å². The monoisotopic (exact) mass is 507 g/mol. The van der Waals surface area contributed by atoms with Crippen LogP contribution in [0.15, 0.2) is 44.9 Å². The number of hydrogen-bond acceptors (Lipinski definition) is 5. The molecule has 0 unspecified atom stereocenters. The second-order valence-corrected chi connectivity index (χ2v) is 7.41. The number of nitrogens with zero attached hydrogens (tertiary/aromatic N) is 2. The second-order valence-electron chi connectivity index (χ2n) is 5.64. The van der Waals surface area contributed by atoms with Crippen molar-refractivity contribution in [3.8, 4) is 11.8 Å². The standard InChI is InChI=1S/C19H15Br2N3O4/c1-3-28-18-12(8-14(20)9-15(18)21)7-13(10-22)19(25)23-16-5-4-11(2)6-17(16)24(26)27/h4-9H,3H2,1-2H3,(H,23,25)/b13-7+. The highest BCUT2D eigenvalue weighted by molar-refractivity contribution is 9.11. The molecule has 0 fully saturated rings. The van der Waals surface area contributed by atoms with Gasteiger partial charge in [-0.25, -0.2) is 0 Å². The van der Waals surface area contributed by atoms with Crippen LogP contribution in [-0.2, 0) is 4.79 Å². The SMILES string of the molecule is CCOc1c(Br)cc(Br)cc1/C=C(\C#N)C(=O)Nc1ccc(C)cc1[N+](=O)[O-]. The number of amides is 1. The van der Waals surface area contributed by atoms with Crippen LogP contribution in [0.5, 0.6) is 5.75 Å². The summed E-state index contributed by atoms with van der Waals surface area (Å²) in [6.07, 6.45) is 1.37. The predicted octanol–water partition coefficient (Wildman–Crippen LogP) is 5.37. The highest BCUT2D eigenvalue weighted by Crippen LogP contribution is 2.34. The molecule has 28 heavy (non-hydrogen) atoms. The first-order valence-corrected chi connectivity index (χ1v) is 9.65. The fraction of sp³-hybridized carbons (Fsp3) is 0.158. The quantitative estimate of drug-likeness (QED) is 0.244. The van der Waals surface area contributed by atoms with Crippen molar-refractivity contribution in [2.75, 3.05) is 11.9 Å². The van der Waals surface area contributed by atoms with Crippen molar-refractivity contribution in [1.82, 2.24) is 0 Å². The number of rotatable bonds is 6. The maximum absolute atomic E-state index is 12.6. The number of anilines is 1. The molecular formula is C19H15Br2N3O4. The van der Waals surface area contributed by atoms with Gasteiger partial charge < -0.3 is 10.1 Å². The van der Waals surface area contributed by atoms with Gasteiger partial charge in [0.05, 0.1) is 16.0 Å². The average molecular weight is 509 g/mol. The van der Waals surface area contributed by atoms with Crippen LogP contribution in [0.3, 0.4) is 0 Å². The molecule has 7 nitrogen and oxygen atoms in total. The third-order valence-electron chi connectivity index (χ3n) is 3.59. The summed E-state index contributed by atoms with van der Waals surface area (Å²) in [4.78, 5) is 23.2. The van der Waals surface area contributed by atoms with Crippen LogP contribution in [-0.4, -0.2) is 17.4 Å². The van der Waals surface area contributed by atoms with Crippen LogP contribution in [0.1, 0.15) is 18.1 Å². The zero-order valence-electron chi connectivity index (χ0n) is 15.0. The molecule has 9 heteroatoms. The van der Waals surface area contributed by atoms with Crippen molar-refractivity contribution in [1.29, 1.82) is 5.26 Å². The number of nitro groups is 1. The Morgan fingerprint density at radius 2 is 2.07 bits per heavy atom. The van der Waals surface area contributed by atoms with Crippen LogP contribution < -0.4 is 10.1 Å². The van der Waals surface area contributed by atoms with Gasteiger partial charge >= 0.3 is 0 Å². The van der Waals surface area contributed by atoms with E-state index >= 15 is 0 Å². The molecule has 0 spiro atoms. The minimum Gasteiger partial charge on any atom is -0.492 e. The Labute approximate surface area is 178 Å². The lowest BCUT2D eigenvalue weighted by atomic mass is 10.1. The molecule has 144 valence electrons. The Morgan fingerprint density at radius 1 is 1.36 bits per heavy atom. The van der Waals surface area contributed by atoms with Crippen LogP contribution in [0.25, 0.3) is 6.08 Å². The summed E-state index contributed by atoms with van der Waals surface area (Å²) in [7, 11) is 0. The molecule has 1 amide bonds. The first-order chi connectivity index (χ1) is 13.3. The molecular weight excluding hydrogens is 494 g/mol. The van der Waals surface area contributed by atoms with Crippen LogP contribution in [0.4, 0.5) is 11.4 Å². The Balaban J connectivity index is 2.43. The van der Waals surface area contributed by atoms with E-state index in [1.807, 2.05) is 13.0 Å². The van der Waals surface area contributed by atoms with Crippen molar-refractivity contribution < 1.29 is 14.5 Å². The van der Waals surface area contributed by atoms with E-state index in [1.54, 1.807) is 25.1 Å². The molecule has 0 saturated carbocycles. The lowest BCUT2D eigenvalue weighted by molar-refractivity contribution is -0.384. The molecule has 2 aromatic rings. The van der Waals surface area contributed by atoms with Gasteiger partial charge in [-0.3, -0.25) is 14.9 Å². The van der Waals surface area contributed by atoms with E-state index in [-0.39, 0.29) is 16.9 Å². The minimum atomic E-state index is -0.756. The minimum absolute atomic E-state index is 0.0159. The largest absolute Gasteiger partial charge is 0.492 e. The Hall–Kier alpha value is -2.70. The summed E-state index contributed by atoms with van der Waals surface area (Å²) >= 11 is 6.75.